The highest BCUT2D eigenvalue weighted by molar-refractivity contribution is 5.98. The molecule has 0 fully saturated rings. The maximum atomic E-state index is 11.9. The number of rotatable bonds is 7. The largest absolute Gasteiger partial charge is 0.492 e. The Labute approximate surface area is 125 Å². The van der Waals surface area contributed by atoms with E-state index in [0.29, 0.717) is 24.0 Å². The van der Waals surface area contributed by atoms with Crippen LogP contribution in [0.3, 0.4) is 0 Å². The van der Waals surface area contributed by atoms with E-state index in [1.807, 2.05) is 32.0 Å². The van der Waals surface area contributed by atoms with Crippen LogP contribution in [0.2, 0.25) is 0 Å². The maximum absolute atomic E-state index is 11.9. The fraction of sp³-hybridized carbons (Fsp3) is 0.471. The summed E-state index contributed by atoms with van der Waals surface area (Å²) in [5.41, 5.74) is 0.688. The van der Waals surface area contributed by atoms with Crippen molar-refractivity contribution in [2.75, 3.05) is 13.2 Å². The van der Waals surface area contributed by atoms with Crippen LogP contribution in [0.4, 0.5) is 0 Å². The summed E-state index contributed by atoms with van der Waals surface area (Å²) >= 11 is 0. The summed E-state index contributed by atoms with van der Waals surface area (Å²) in [6.45, 7) is 9.33. The lowest BCUT2D eigenvalue weighted by molar-refractivity contribution is 0.0913. The molecule has 1 heterocycles. The molecule has 0 aliphatic carbocycles. The summed E-state index contributed by atoms with van der Waals surface area (Å²) < 4.78 is 11.3. The number of carbonyl (C=O) groups excluding carboxylic acids is 1. The van der Waals surface area contributed by atoms with Crippen molar-refractivity contribution in [3.63, 3.8) is 0 Å². The molecule has 2 rings (SSSR count). The van der Waals surface area contributed by atoms with Gasteiger partial charge in [-0.3, -0.25) is 4.79 Å². The monoisotopic (exact) mass is 289 g/mol. The maximum Gasteiger partial charge on any atom is 0.200 e. The van der Waals surface area contributed by atoms with E-state index in [1.165, 1.54) is 0 Å². The number of benzene rings is 1. The molecule has 21 heavy (non-hydrogen) atoms. The zero-order chi connectivity index (χ0) is 15.4. The fourth-order valence-corrected chi connectivity index (χ4v) is 2.02. The zero-order valence-electron chi connectivity index (χ0n) is 13.1. The van der Waals surface area contributed by atoms with Crippen LogP contribution in [0.5, 0.6) is 5.75 Å². The third kappa shape index (κ3) is 4.08. The molecule has 0 atom stereocenters. The SMILES string of the molecule is CC(C)NCCOc1ccc2cc(C(=O)C(C)C)oc2c1. The molecule has 4 nitrogen and oxygen atoms in total. The van der Waals surface area contributed by atoms with Crippen molar-refractivity contribution in [3.05, 3.63) is 30.0 Å². The van der Waals surface area contributed by atoms with Gasteiger partial charge in [0.15, 0.2) is 5.76 Å². The van der Waals surface area contributed by atoms with Crippen LogP contribution >= 0.6 is 0 Å². The molecule has 0 spiro atoms. The molecular formula is C17H23NO3. The molecule has 0 aliphatic rings. The summed E-state index contributed by atoms with van der Waals surface area (Å²) in [5, 5.41) is 4.21. The molecule has 0 saturated heterocycles. The van der Waals surface area contributed by atoms with Gasteiger partial charge in [0.2, 0.25) is 5.78 Å². The third-order valence-corrected chi connectivity index (χ3v) is 3.18. The van der Waals surface area contributed by atoms with E-state index in [4.69, 9.17) is 9.15 Å². The molecule has 1 N–H and O–H groups in total. The predicted molar refractivity (Wildman–Crippen MR) is 84.0 cm³/mol. The zero-order valence-corrected chi connectivity index (χ0v) is 13.1. The van der Waals surface area contributed by atoms with Crippen LogP contribution < -0.4 is 10.1 Å². The standard InChI is InChI=1S/C17H23NO3/c1-11(2)17(19)16-9-13-5-6-14(10-15(13)21-16)20-8-7-18-12(3)4/h5-6,9-12,18H,7-8H2,1-4H3. The second-order valence-corrected chi connectivity index (χ2v) is 5.79. The Morgan fingerprint density at radius 3 is 2.67 bits per heavy atom. The summed E-state index contributed by atoms with van der Waals surface area (Å²) in [6.07, 6.45) is 0. The third-order valence-electron chi connectivity index (χ3n) is 3.18. The summed E-state index contributed by atoms with van der Waals surface area (Å²) in [6, 6.07) is 7.90. The lowest BCUT2D eigenvalue weighted by atomic mass is 10.1. The van der Waals surface area contributed by atoms with E-state index in [0.717, 1.165) is 17.7 Å². The second kappa shape index (κ2) is 6.76. The van der Waals surface area contributed by atoms with Crippen molar-refractivity contribution in [2.24, 2.45) is 5.92 Å². The average Bonchev–Trinajstić information content (AvgIpc) is 2.85. The fourth-order valence-electron chi connectivity index (χ4n) is 2.02. The summed E-state index contributed by atoms with van der Waals surface area (Å²) in [4.78, 5) is 11.9. The van der Waals surface area contributed by atoms with Crippen molar-refractivity contribution >= 4 is 16.8 Å². The van der Waals surface area contributed by atoms with Gasteiger partial charge in [-0.2, -0.15) is 0 Å². The number of furan rings is 1. The second-order valence-electron chi connectivity index (χ2n) is 5.79. The van der Waals surface area contributed by atoms with Gasteiger partial charge in [-0.15, -0.1) is 0 Å². The van der Waals surface area contributed by atoms with E-state index < -0.39 is 0 Å². The smallest absolute Gasteiger partial charge is 0.200 e. The molecule has 0 bridgehead atoms. The van der Waals surface area contributed by atoms with Crippen molar-refractivity contribution in [3.8, 4) is 5.75 Å². The minimum atomic E-state index is -0.0663. The van der Waals surface area contributed by atoms with Crippen molar-refractivity contribution in [2.45, 2.75) is 33.7 Å². The normalized spacial score (nSPS) is 11.5. The van der Waals surface area contributed by atoms with E-state index in [9.17, 15) is 4.79 Å². The highest BCUT2D eigenvalue weighted by atomic mass is 16.5. The first kappa shape index (κ1) is 15.6. The molecule has 0 radical (unpaired) electrons. The van der Waals surface area contributed by atoms with Gasteiger partial charge in [0.25, 0.3) is 0 Å². The van der Waals surface area contributed by atoms with Gasteiger partial charge < -0.3 is 14.5 Å². The number of hydrogen-bond donors (Lipinski definition) is 1. The van der Waals surface area contributed by atoms with E-state index in [2.05, 4.69) is 19.2 Å². The number of Topliss-reactive ketones (excluding diaryl/α,β-unsaturated/α-hetero) is 1. The van der Waals surface area contributed by atoms with Gasteiger partial charge in [-0.25, -0.2) is 0 Å². The highest BCUT2D eigenvalue weighted by Gasteiger charge is 2.15. The van der Waals surface area contributed by atoms with E-state index >= 15 is 0 Å². The lowest BCUT2D eigenvalue weighted by Gasteiger charge is -2.09. The van der Waals surface area contributed by atoms with E-state index in [1.54, 1.807) is 6.07 Å². The Hall–Kier alpha value is -1.81. The van der Waals surface area contributed by atoms with Crippen molar-refractivity contribution in [1.82, 2.24) is 5.32 Å². The number of hydrogen-bond acceptors (Lipinski definition) is 4. The Bertz CT molecular complexity index is 614. The highest BCUT2D eigenvalue weighted by Crippen LogP contribution is 2.25. The number of carbonyl (C=O) groups is 1. The first-order valence-corrected chi connectivity index (χ1v) is 7.41. The summed E-state index contributed by atoms with van der Waals surface area (Å²) in [7, 11) is 0. The Morgan fingerprint density at radius 2 is 2.00 bits per heavy atom. The molecule has 0 aliphatic heterocycles. The molecule has 114 valence electrons. The number of ketones is 1. The molecule has 1 aromatic carbocycles. The van der Waals surface area contributed by atoms with Gasteiger partial charge in [-0.1, -0.05) is 27.7 Å². The van der Waals surface area contributed by atoms with Gasteiger partial charge >= 0.3 is 0 Å². The molecule has 0 saturated carbocycles. The Balaban J connectivity index is 2.05. The average molecular weight is 289 g/mol. The summed E-state index contributed by atoms with van der Waals surface area (Å²) in [5.74, 6) is 1.13. The van der Waals surface area contributed by atoms with Crippen LogP contribution in [-0.4, -0.2) is 25.0 Å². The number of fused-ring (bicyclic) bond motifs is 1. The lowest BCUT2D eigenvalue weighted by Crippen LogP contribution is -2.27. The molecule has 4 heteroatoms. The Morgan fingerprint density at radius 1 is 1.24 bits per heavy atom. The Kier molecular flexibility index (Phi) is 5.02. The van der Waals surface area contributed by atoms with Gasteiger partial charge in [0.05, 0.1) is 0 Å². The minimum Gasteiger partial charge on any atom is -0.492 e. The molecule has 0 amide bonds. The first-order valence-electron chi connectivity index (χ1n) is 7.41. The van der Waals surface area contributed by atoms with Gasteiger partial charge in [0.1, 0.15) is 17.9 Å². The van der Waals surface area contributed by atoms with Crippen molar-refractivity contribution in [1.29, 1.82) is 0 Å². The van der Waals surface area contributed by atoms with Gasteiger partial charge in [0, 0.05) is 30.0 Å². The van der Waals surface area contributed by atoms with Crippen LogP contribution in [0, 0.1) is 5.92 Å². The van der Waals surface area contributed by atoms with Crippen LogP contribution in [0.1, 0.15) is 38.2 Å². The minimum absolute atomic E-state index is 0.0230. The van der Waals surface area contributed by atoms with Crippen LogP contribution in [0.15, 0.2) is 28.7 Å². The van der Waals surface area contributed by atoms with E-state index in [-0.39, 0.29) is 11.7 Å². The van der Waals surface area contributed by atoms with Crippen molar-refractivity contribution < 1.29 is 13.9 Å². The number of nitrogens with one attached hydrogen (secondary N) is 1. The topological polar surface area (TPSA) is 51.5 Å². The molecular weight excluding hydrogens is 266 g/mol. The van der Waals surface area contributed by atoms with Crippen LogP contribution in [0.25, 0.3) is 11.0 Å². The van der Waals surface area contributed by atoms with Crippen LogP contribution in [-0.2, 0) is 0 Å². The molecule has 2 aromatic rings. The predicted octanol–water partition coefficient (Wildman–Crippen LogP) is 3.65. The quantitative estimate of drug-likeness (QED) is 0.624. The first-order chi connectivity index (χ1) is 9.97. The molecule has 1 aromatic heterocycles. The van der Waals surface area contributed by atoms with Gasteiger partial charge in [-0.05, 0) is 18.2 Å². The number of ether oxygens (including phenoxy) is 1. The molecule has 0 unspecified atom stereocenters.